The van der Waals surface area contributed by atoms with Crippen LogP contribution in [0.1, 0.15) is 47.2 Å². The van der Waals surface area contributed by atoms with Crippen LogP contribution in [0.3, 0.4) is 0 Å². The first-order valence-electron chi connectivity index (χ1n) is 13.3. The number of hydrogen-bond acceptors (Lipinski definition) is 2. The molecule has 38 heavy (non-hydrogen) atoms. The highest BCUT2D eigenvalue weighted by Gasteiger charge is 2.53. The molecule has 0 fully saturated rings. The van der Waals surface area contributed by atoms with Crippen LogP contribution in [0, 0.1) is 0 Å². The molecule has 0 saturated carbocycles. The Labute approximate surface area is 222 Å². The molecule has 2 aliphatic carbocycles. The van der Waals surface area contributed by atoms with Crippen molar-refractivity contribution in [1.82, 2.24) is 9.97 Å². The summed E-state index contributed by atoms with van der Waals surface area (Å²) in [4.78, 5) is 9.75. The molecule has 0 atom stereocenters. The third kappa shape index (κ3) is 2.62. The second-order valence-corrected chi connectivity index (χ2v) is 11.0. The van der Waals surface area contributed by atoms with Crippen LogP contribution in [0.5, 0.6) is 0 Å². The van der Waals surface area contributed by atoms with Crippen molar-refractivity contribution in [2.24, 2.45) is 0 Å². The monoisotopic (exact) mass is 486 g/mol. The van der Waals surface area contributed by atoms with Gasteiger partial charge in [-0.3, -0.25) is 4.98 Å². The van der Waals surface area contributed by atoms with Gasteiger partial charge in [0.15, 0.2) is 0 Å². The summed E-state index contributed by atoms with van der Waals surface area (Å²) in [7, 11) is 0. The lowest BCUT2D eigenvalue weighted by Crippen LogP contribution is -2.40. The molecule has 0 radical (unpaired) electrons. The Kier molecular flexibility index (Phi) is 4.24. The van der Waals surface area contributed by atoms with Gasteiger partial charge in [0.2, 0.25) is 0 Å². The van der Waals surface area contributed by atoms with Gasteiger partial charge < -0.3 is 0 Å². The SMILES string of the molecule is CC1(C)c2ccccc2C2(c3ccccc3-c3ccccc32)c2cc(-c3cnc4ccccc4n3)ccc21. The van der Waals surface area contributed by atoms with E-state index in [4.69, 9.17) is 9.97 Å². The average molecular weight is 487 g/mol. The van der Waals surface area contributed by atoms with Crippen LogP contribution >= 0.6 is 0 Å². The Bertz CT molecular complexity index is 1870. The van der Waals surface area contributed by atoms with E-state index in [1.54, 1.807) is 0 Å². The number of rotatable bonds is 1. The lowest BCUT2D eigenvalue weighted by Gasteiger charge is -2.46. The van der Waals surface area contributed by atoms with Gasteiger partial charge in [-0.05, 0) is 62.7 Å². The first-order valence-corrected chi connectivity index (χ1v) is 13.3. The second kappa shape index (κ2) is 7.49. The summed E-state index contributed by atoms with van der Waals surface area (Å²) in [6.07, 6.45) is 1.91. The summed E-state index contributed by atoms with van der Waals surface area (Å²) in [5, 5.41) is 0. The second-order valence-electron chi connectivity index (χ2n) is 11.0. The van der Waals surface area contributed by atoms with E-state index in [2.05, 4.69) is 105 Å². The molecule has 5 aromatic carbocycles. The predicted molar refractivity (Wildman–Crippen MR) is 154 cm³/mol. The van der Waals surface area contributed by atoms with Crippen molar-refractivity contribution < 1.29 is 0 Å². The van der Waals surface area contributed by atoms with Crippen molar-refractivity contribution in [1.29, 1.82) is 0 Å². The van der Waals surface area contributed by atoms with Gasteiger partial charge in [-0.2, -0.15) is 0 Å². The lowest BCUT2D eigenvalue weighted by atomic mass is 9.55. The molecule has 0 bridgehead atoms. The largest absolute Gasteiger partial charge is 0.252 e. The summed E-state index contributed by atoms with van der Waals surface area (Å²) in [6.45, 7) is 4.72. The van der Waals surface area contributed by atoms with Crippen LogP contribution in [-0.4, -0.2) is 9.97 Å². The summed E-state index contributed by atoms with van der Waals surface area (Å²) in [5.74, 6) is 0. The van der Waals surface area contributed by atoms with Crippen LogP contribution in [0.4, 0.5) is 0 Å². The standard InChI is InChI=1S/C36H26N2/c1-35(2)28-15-7-8-16-30(28)36(26-13-5-3-11-24(26)25-12-4-6-14-27(25)36)31-21-23(19-20-29(31)35)34-22-37-32-17-9-10-18-33(32)38-34/h3-22H,1-2H3. The number of benzene rings is 5. The van der Waals surface area contributed by atoms with Crippen LogP contribution in [0.15, 0.2) is 121 Å². The zero-order valence-corrected chi connectivity index (χ0v) is 21.4. The average Bonchev–Trinajstić information content (AvgIpc) is 3.27. The molecule has 8 rings (SSSR count). The molecule has 0 saturated heterocycles. The first kappa shape index (κ1) is 21.5. The molecule has 1 spiro atoms. The molecule has 0 unspecified atom stereocenters. The first-order chi connectivity index (χ1) is 18.6. The Morgan fingerprint density at radius 1 is 0.500 bits per heavy atom. The Morgan fingerprint density at radius 3 is 1.76 bits per heavy atom. The van der Waals surface area contributed by atoms with E-state index in [-0.39, 0.29) is 5.41 Å². The van der Waals surface area contributed by atoms with Crippen molar-refractivity contribution in [3.63, 3.8) is 0 Å². The van der Waals surface area contributed by atoms with E-state index in [1.807, 2.05) is 30.5 Å². The van der Waals surface area contributed by atoms with Gasteiger partial charge in [0.25, 0.3) is 0 Å². The van der Waals surface area contributed by atoms with Crippen LogP contribution in [0.25, 0.3) is 33.4 Å². The van der Waals surface area contributed by atoms with Crippen LogP contribution < -0.4 is 0 Å². The molecule has 6 aromatic rings. The summed E-state index contributed by atoms with van der Waals surface area (Å²) in [6, 6.07) is 42.0. The maximum Gasteiger partial charge on any atom is 0.0894 e. The highest BCUT2D eigenvalue weighted by atomic mass is 14.8. The van der Waals surface area contributed by atoms with Gasteiger partial charge in [0.05, 0.1) is 28.3 Å². The third-order valence-electron chi connectivity index (χ3n) is 8.80. The molecule has 0 aliphatic heterocycles. The van der Waals surface area contributed by atoms with E-state index < -0.39 is 5.41 Å². The molecule has 2 nitrogen and oxygen atoms in total. The molecule has 2 heteroatoms. The smallest absolute Gasteiger partial charge is 0.0894 e. The Hall–Kier alpha value is -4.56. The highest BCUT2D eigenvalue weighted by Crippen LogP contribution is 2.62. The molecular weight excluding hydrogens is 460 g/mol. The Morgan fingerprint density at radius 2 is 1.05 bits per heavy atom. The minimum Gasteiger partial charge on any atom is -0.252 e. The van der Waals surface area contributed by atoms with Gasteiger partial charge >= 0.3 is 0 Å². The highest BCUT2D eigenvalue weighted by molar-refractivity contribution is 5.89. The molecule has 0 amide bonds. The Balaban J connectivity index is 1.50. The number of nitrogens with zero attached hydrogens (tertiary/aromatic N) is 2. The van der Waals surface area contributed by atoms with Crippen molar-refractivity contribution in [2.75, 3.05) is 0 Å². The van der Waals surface area contributed by atoms with Gasteiger partial charge in [0, 0.05) is 11.0 Å². The van der Waals surface area contributed by atoms with Gasteiger partial charge in [-0.25, -0.2) is 4.98 Å². The predicted octanol–water partition coefficient (Wildman–Crippen LogP) is 8.30. The third-order valence-corrected chi connectivity index (χ3v) is 8.80. The van der Waals surface area contributed by atoms with E-state index in [9.17, 15) is 0 Å². The number of fused-ring (bicyclic) bond motifs is 10. The zero-order chi connectivity index (χ0) is 25.5. The summed E-state index contributed by atoms with van der Waals surface area (Å²) in [5.41, 5.74) is 14.1. The molecule has 0 N–H and O–H groups in total. The van der Waals surface area contributed by atoms with Crippen molar-refractivity contribution in [2.45, 2.75) is 24.7 Å². The normalized spacial score (nSPS) is 15.5. The number of aromatic nitrogens is 2. The van der Waals surface area contributed by atoms with Crippen LogP contribution in [-0.2, 0) is 10.8 Å². The fourth-order valence-electron chi connectivity index (χ4n) is 7.12. The summed E-state index contributed by atoms with van der Waals surface area (Å²) >= 11 is 0. The van der Waals surface area contributed by atoms with E-state index >= 15 is 0 Å². The van der Waals surface area contributed by atoms with Gasteiger partial charge in [0.1, 0.15) is 0 Å². The lowest BCUT2D eigenvalue weighted by molar-refractivity contribution is 0.563. The molecular formula is C36H26N2. The minimum atomic E-state index is -0.394. The molecule has 2 aliphatic rings. The summed E-state index contributed by atoms with van der Waals surface area (Å²) < 4.78 is 0. The van der Waals surface area contributed by atoms with Crippen molar-refractivity contribution in [3.8, 4) is 22.4 Å². The minimum absolute atomic E-state index is 0.142. The maximum atomic E-state index is 5.02. The fourth-order valence-corrected chi connectivity index (χ4v) is 7.12. The van der Waals surface area contributed by atoms with Crippen molar-refractivity contribution in [3.05, 3.63) is 155 Å². The fraction of sp³-hybridized carbons (Fsp3) is 0.111. The topological polar surface area (TPSA) is 25.8 Å². The molecule has 1 aromatic heterocycles. The number of hydrogen-bond donors (Lipinski definition) is 0. The quantitative estimate of drug-likeness (QED) is 0.233. The zero-order valence-electron chi connectivity index (χ0n) is 21.4. The van der Waals surface area contributed by atoms with E-state index in [0.717, 1.165) is 22.3 Å². The van der Waals surface area contributed by atoms with Gasteiger partial charge in [-0.1, -0.05) is 111 Å². The van der Waals surface area contributed by atoms with Crippen LogP contribution in [0.2, 0.25) is 0 Å². The molecule has 1 heterocycles. The van der Waals surface area contributed by atoms with E-state index in [1.165, 1.54) is 44.5 Å². The maximum absolute atomic E-state index is 5.02. The number of para-hydroxylation sites is 2. The molecule has 180 valence electrons. The van der Waals surface area contributed by atoms with Crippen molar-refractivity contribution >= 4 is 11.0 Å². The van der Waals surface area contributed by atoms with Gasteiger partial charge in [-0.15, -0.1) is 0 Å². The van der Waals surface area contributed by atoms with E-state index in [0.29, 0.717) is 0 Å².